The zero-order valence-electron chi connectivity index (χ0n) is 16.1. The molecule has 0 spiro atoms. The number of hydrogen-bond acceptors (Lipinski definition) is 8. The highest BCUT2D eigenvalue weighted by atomic mass is 15.3. The standard InChI is InChI=1S/C20H18N10/c1-12-24-18(27-20(22)25-12)17-19(26-15-8-7-13(21)11-29(15)17)30(16-9-10-23-28-16)14-5-3-2-4-6-14/h2-11H,21H2,1H3,(H,23,28)(H2,22,24,25,27). The van der Waals surface area contributed by atoms with Crippen molar-refractivity contribution < 1.29 is 0 Å². The monoisotopic (exact) mass is 398 g/mol. The fourth-order valence-electron chi connectivity index (χ4n) is 3.34. The minimum Gasteiger partial charge on any atom is -0.398 e. The van der Waals surface area contributed by atoms with E-state index in [2.05, 4.69) is 25.1 Å². The number of para-hydroxylation sites is 1. The van der Waals surface area contributed by atoms with Crippen molar-refractivity contribution in [3.05, 3.63) is 66.7 Å². The first-order chi connectivity index (χ1) is 14.6. The van der Waals surface area contributed by atoms with Crippen molar-refractivity contribution in [2.24, 2.45) is 0 Å². The second kappa shape index (κ2) is 6.85. The number of nitrogens with zero attached hydrogens (tertiary/aromatic N) is 7. The zero-order chi connectivity index (χ0) is 20.7. The van der Waals surface area contributed by atoms with E-state index in [1.54, 1.807) is 25.4 Å². The molecule has 0 fully saturated rings. The number of nitrogens with one attached hydrogen (secondary N) is 1. The third kappa shape index (κ3) is 2.96. The highest BCUT2D eigenvalue weighted by molar-refractivity contribution is 5.84. The van der Waals surface area contributed by atoms with Gasteiger partial charge in [0.05, 0.1) is 0 Å². The highest BCUT2D eigenvalue weighted by Gasteiger charge is 2.26. The van der Waals surface area contributed by atoms with Crippen LogP contribution in [0.15, 0.2) is 60.9 Å². The fourth-order valence-corrected chi connectivity index (χ4v) is 3.34. The van der Waals surface area contributed by atoms with Gasteiger partial charge >= 0.3 is 0 Å². The molecule has 4 aromatic heterocycles. The number of nitrogens with two attached hydrogens (primary N) is 2. The van der Waals surface area contributed by atoms with Gasteiger partial charge in [-0.25, -0.2) is 9.97 Å². The van der Waals surface area contributed by atoms with Crippen LogP contribution in [0, 0.1) is 6.92 Å². The van der Waals surface area contributed by atoms with Gasteiger partial charge in [-0.1, -0.05) is 18.2 Å². The molecule has 0 atom stereocenters. The Balaban J connectivity index is 1.86. The van der Waals surface area contributed by atoms with Crippen LogP contribution in [0.1, 0.15) is 5.82 Å². The van der Waals surface area contributed by atoms with Crippen LogP contribution in [-0.2, 0) is 0 Å². The van der Waals surface area contributed by atoms with Gasteiger partial charge in [0, 0.05) is 29.8 Å². The molecule has 10 heteroatoms. The van der Waals surface area contributed by atoms with E-state index >= 15 is 0 Å². The largest absolute Gasteiger partial charge is 0.398 e. The second-order valence-electron chi connectivity index (χ2n) is 6.64. The van der Waals surface area contributed by atoms with Crippen molar-refractivity contribution in [1.29, 1.82) is 0 Å². The van der Waals surface area contributed by atoms with E-state index < -0.39 is 0 Å². The van der Waals surface area contributed by atoms with E-state index in [0.717, 1.165) is 5.69 Å². The molecule has 5 aromatic rings. The molecule has 5 N–H and O–H groups in total. The van der Waals surface area contributed by atoms with E-state index in [4.69, 9.17) is 16.5 Å². The molecule has 0 bridgehead atoms. The van der Waals surface area contributed by atoms with Crippen LogP contribution >= 0.6 is 0 Å². The Labute approximate surface area is 171 Å². The number of aromatic nitrogens is 7. The normalized spacial score (nSPS) is 11.1. The van der Waals surface area contributed by atoms with Crippen LogP contribution in [0.2, 0.25) is 0 Å². The Morgan fingerprint density at radius 3 is 2.50 bits per heavy atom. The van der Waals surface area contributed by atoms with Gasteiger partial charge in [0.25, 0.3) is 0 Å². The lowest BCUT2D eigenvalue weighted by Gasteiger charge is -2.21. The number of nitrogen functional groups attached to an aromatic ring is 2. The topological polar surface area (TPSA) is 140 Å². The van der Waals surface area contributed by atoms with Crippen molar-refractivity contribution in [1.82, 2.24) is 34.5 Å². The smallest absolute Gasteiger partial charge is 0.223 e. The van der Waals surface area contributed by atoms with E-state index in [9.17, 15) is 0 Å². The number of rotatable bonds is 4. The predicted octanol–water partition coefficient (Wildman–Crippen LogP) is 2.85. The minimum atomic E-state index is 0.133. The third-order valence-electron chi connectivity index (χ3n) is 4.54. The number of aryl methyl sites for hydroxylation is 1. The number of hydrogen-bond donors (Lipinski definition) is 3. The number of fused-ring (bicyclic) bond motifs is 1. The molecule has 0 aliphatic rings. The lowest BCUT2D eigenvalue weighted by Crippen LogP contribution is -2.13. The summed E-state index contributed by atoms with van der Waals surface area (Å²) in [5.74, 6) is 2.28. The molecule has 1 aromatic carbocycles. The van der Waals surface area contributed by atoms with Crippen LogP contribution in [0.4, 0.5) is 29.0 Å². The predicted molar refractivity (Wildman–Crippen MR) is 114 cm³/mol. The van der Waals surface area contributed by atoms with E-state index in [0.29, 0.717) is 40.3 Å². The van der Waals surface area contributed by atoms with Crippen molar-refractivity contribution >= 4 is 34.6 Å². The number of benzene rings is 1. The molecule has 4 heterocycles. The molecule has 0 aliphatic heterocycles. The maximum atomic E-state index is 6.06. The number of imidazole rings is 1. The van der Waals surface area contributed by atoms with Gasteiger partial charge in [-0.2, -0.15) is 15.1 Å². The quantitative estimate of drug-likeness (QED) is 0.420. The molecule has 0 amide bonds. The number of H-pyrrole nitrogens is 1. The van der Waals surface area contributed by atoms with E-state index in [1.807, 2.05) is 51.8 Å². The Morgan fingerprint density at radius 2 is 1.77 bits per heavy atom. The van der Waals surface area contributed by atoms with Crippen molar-refractivity contribution in [2.75, 3.05) is 16.4 Å². The number of aromatic amines is 1. The minimum absolute atomic E-state index is 0.133. The molecule has 10 nitrogen and oxygen atoms in total. The second-order valence-corrected chi connectivity index (χ2v) is 6.64. The van der Waals surface area contributed by atoms with Crippen LogP contribution < -0.4 is 16.4 Å². The average molecular weight is 398 g/mol. The van der Waals surface area contributed by atoms with Crippen molar-refractivity contribution in [3.8, 4) is 11.5 Å². The lowest BCUT2D eigenvalue weighted by molar-refractivity contribution is 0.980. The maximum Gasteiger partial charge on any atom is 0.223 e. The summed E-state index contributed by atoms with van der Waals surface area (Å²) in [7, 11) is 0. The first kappa shape index (κ1) is 17.6. The summed E-state index contributed by atoms with van der Waals surface area (Å²) in [5, 5.41) is 7.24. The van der Waals surface area contributed by atoms with Crippen LogP contribution in [0.5, 0.6) is 0 Å². The summed E-state index contributed by atoms with van der Waals surface area (Å²) in [5.41, 5.74) is 14.8. The number of anilines is 5. The van der Waals surface area contributed by atoms with Gasteiger partial charge in [-0.05, 0) is 31.2 Å². The molecule has 0 unspecified atom stereocenters. The Morgan fingerprint density at radius 1 is 0.933 bits per heavy atom. The first-order valence-corrected chi connectivity index (χ1v) is 9.21. The molecule has 0 aliphatic carbocycles. The van der Waals surface area contributed by atoms with Crippen molar-refractivity contribution in [2.45, 2.75) is 6.92 Å². The summed E-state index contributed by atoms with van der Waals surface area (Å²) >= 11 is 0. The fraction of sp³-hybridized carbons (Fsp3) is 0.0500. The molecular weight excluding hydrogens is 380 g/mol. The summed E-state index contributed by atoms with van der Waals surface area (Å²) in [6.07, 6.45) is 3.54. The Bertz CT molecular complexity index is 1300. The van der Waals surface area contributed by atoms with Crippen molar-refractivity contribution in [3.63, 3.8) is 0 Å². The molecular formula is C20H18N10. The molecule has 0 saturated carbocycles. The third-order valence-corrected chi connectivity index (χ3v) is 4.54. The van der Waals surface area contributed by atoms with Gasteiger partial charge < -0.3 is 11.5 Å². The maximum absolute atomic E-state index is 6.06. The molecule has 0 radical (unpaired) electrons. The van der Waals surface area contributed by atoms with Gasteiger partial charge in [0.15, 0.2) is 17.5 Å². The van der Waals surface area contributed by atoms with Gasteiger partial charge in [0.2, 0.25) is 5.95 Å². The summed E-state index contributed by atoms with van der Waals surface area (Å²) in [6, 6.07) is 15.3. The summed E-state index contributed by atoms with van der Waals surface area (Å²) in [4.78, 5) is 19.8. The molecule has 30 heavy (non-hydrogen) atoms. The molecule has 0 saturated heterocycles. The van der Waals surface area contributed by atoms with Gasteiger partial charge in [-0.15, -0.1) is 0 Å². The van der Waals surface area contributed by atoms with Crippen LogP contribution in [0.25, 0.3) is 17.2 Å². The highest BCUT2D eigenvalue weighted by Crippen LogP contribution is 2.39. The van der Waals surface area contributed by atoms with Gasteiger partial charge in [-0.3, -0.25) is 14.4 Å². The van der Waals surface area contributed by atoms with Gasteiger partial charge in [0.1, 0.15) is 17.2 Å². The summed E-state index contributed by atoms with van der Waals surface area (Å²) < 4.78 is 1.85. The Kier molecular flexibility index (Phi) is 4.02. The number of pyridine rings is 1. The molecule has 5 rings (SSSR count). The SMILES string of the molecule is Cc1nc(N)nc(-c2c(N(c3ccccc3)c3cc[nH]n3)nc3ccc(N)cn23)n1. The summed E-state index contributed by atoms with van der Waals surface area (Å²) in [6.45, 7) is 1.77. The lowest BCUT2D eigenvalue weighted by atomic mass is 10.2. The van der Waals surface area contributed by atoms with E-state index in [-0.39, 0.29) is 5.95 Å². The average Bonchev–Trinajstić information content (AvgIpc) is 3.36. The van der Waals surface area contributed by atoms with E-state index in [1.165, 1.54) is 0 Å². The van der Waals surface area contributed by atoms with Crippen LogP contribution in [0.3, 0.4) is 0 Å². The van der Waals surface area contributed by atoms with Crippen LogP contribution in [-0.4, -0.2) is 34.5 Å². The Hall–Kier alpha value is -4.47. The molecule has 148 valence electrons. The first-order valence-electron chi connectivity index (χ1n) is 9.21. The zero-order valence-corrected chi connectivity index (χ0v) is 16.1.